The average molecular weight is 440 g/mol. The Morgan fingerprint density at radius 1 is 1.28 bits per heavy atom. The number of thiazole rings is 1. The molecular weight excluding hydrogens is 414 g/mol. The van der Waals surface area contributed by atoms with Gasteiger partial charge >= 0.3 is 5.97 Å². The molecule has 0 saturated carbocycles. The van der Waals surface area contributed by atoms with E-state index in [9.17, 15) is 14.7 Å². The SMILES string of the molecule is CCCCN(C(=O)c1nc(Cl)c(CC)[nH]1)C1CN(c2nc(CC)c(C(=O)O)s2)C1. The summed E-state index contributed by atoms with van der Waals surface area (Å²) in [5, 5.41) is 10.4. The van der Waals surface area contributed by atoms with E-state index in [0.29, 0.717) is 53.3 Å². The molecule has 10 heteroatoms. The second-order valence-corrected chi connectivity index (χ2v) is 8.39. The lowest BCUT2D eigenvalue weighted by Gasteiger charge is -2.45. The van der Waals surface area contributed by atoms with Crippen LogP contribution >= 0.6 is 22.9 Å². The number of aromatic amines is 1. The van der Waals surface area contributed by atoms with E-state index in [1.807, 2.05) is 23.6 Å². The normalized spacial score (nSPS) is 14.1. The second kappa shape index (κ2) is 9.13. The quantitative estimate of drug-likeness (QED) is 0.620. The number of aromatic nitrogens is 3. The highest BCUT2D eigenvalue weighted by Crippen LogP contribution is 2.31. The van der Waals surface area contributed by atoms with Crippen molar-refractivity contribution in [1.82, 2.24) is 19.9 Å². The maximum absolute atomic E-state index is 13.1. The van der Waals surface area contributed by atoms with Crippen molar-refractivity contribution in [3.63, 3.8) is 0 Å². The number of carboxylic acid groups (broad SMARTS) is 1. The summed E-state index contributed by atoms with van der Waals surface area (Å²) in [5.41, 5.74) is 1.37. The van der Waals surface area contributed by atoms with Gasteiger partial charge in [-0.3, -0.25) is 4.79 Å². The van der Waals surface area contributed by atoms with Gasteiger partial charge in [0.25, 0.3) is 5.91 Å². The number of anilines is 1. The monoisotopic (exact) mass is 439 g/mol. The first kappa shape index (κ1) is 21.6. The fraction of sp³-hybridized carbons (Fsp3) is 0.579. The minimum atomic E-state index is -0.941. The number of halogens is 1. The molecule has 1 amide bonds. The Morgan fingerprint density at radius 2 is 2.00 bits per heavy atom. The fourth-order valence-corrected chi connectivity index (χ4v) is 4.60. The van der Waals surface area contributed by atoms with Crippen LogP contribution in [-0.4, -0.2) is 62.5 Å². The van der Waals surface area contributed by atoms with E-state index in [0.717, 1.165) is 18.5 Å². The molecular formula is C19H26ClN5O3S. The van der Waals surface area contributed by atoms with Gasteiger partial charge in [0.2, 0.25) is 0 Å². The van der Waals surface area contributed by atoms with E-state index in [1.54, 1.807) is 0 Å². The largest absolute Gasteiger partial charge is 0.477 e. The molecule has 1 aliphatic heterocycles. The third kappa shape index (κ3) is 4.40. The van der Waals surface area contributed by atoms with E-state index in [1.165, 1.54) is 11.3 Å². The summed E-state index contributed by atoms with van der Waals surface area (Å²) < 4.78 is 0. The molecule has 1 saturated heterocycles. The Kier molecular flexibility index (Phi) is 6.79. The Hall–Kier alpha value is -2.13. The van der Waals surface area contributed by atoms with Crippen LogP contribution in [0.4, 0.5) is 5.13 Å². The Balaban J connectivity index is 1.73. The standard InChI is InChI=1S/C19H26ClN5O3S/c1-4-7-8-25(17(26)16-21-13(6-3)15(20)23-16)11-9-24(10-11)19-22-12(5-2)14(29-19)18(27)28/h11H,4-10H2,1-3H3,(H,21,23)(H,27,28). The van der Waals surface area contributed by atoms with Gasteiger partial charge in [-0.05, 0) is 19.3 Å². The molecule has 2 N–H and O–H groups in total. The van der Waals surface area contributed by atoms with Gasteiger partial charge in [0.1, 0.15) is 4.88 Å². The minimum Gasteiger partial charge on any atom is -0.477 e. The van der Waals surface area contributed by atoms with Gasteiger partial charge in [-0.25, -0.2) is 14.8 Å². The van der Waals surface area contributed by atoms with Crippen LogP contribution in [0, 0.1) is 0 Å². The number of imidazole rings is 1. The third-order valence-electron chi connectivity index (χ3n) is 5.09. The van der Waals surface area contributed by atoms with E-state index in [-0.39, 0.29) is 17.8 Å². The lowest BCUT2D eigenvalue weighted by atomic mass is 10.1. The topological polar surface area (TPSA) is 102 Å². The Bertz CT molecular complexity index is 891. The molecule has 0 bridgehead atoms. The van der Waals surface area contributed by atoms with Crippen LogP contribution in [0.5, 0.6) is 0 Å². The summed E-state index contributed by atoms with van der Waals surface area (Å²) >= 11 is 7.31. The average Bonchev–Trinajstić information content (AvgIpc) is 3.26. The van der Waals surface area contributed by atoms with Crippen LogP contribution in [0.15, 0.2) is 0 Å². The lowest BCUT2D eigenvalue weighted by Crippen LogP contribution is -2.61. The summed E-state index contributed by atoms with van der Waals surface area (Å²) in [6.07, 6.45) is 3.14. The lowest BCUT2D eigenvalue weighted by molar-refractivity contribution is 0.0629. The molecule has 0 spiro atoms. The minimum absolute atomic E-state index is 0.0326. The molecule has 1 fully saturated rings. The Labute approximate surface area is 178 Å². The van der Waals surface area contributed by atoms with Crippen molar-refractivity contribution in [2.75, 3.05) is 24.5 Å². The molecule has 0 radical (unpaired) electrons. The number of aryl methyl sites for hydroxylation is 2. The summed E-state index contributed by atoms with van der Waals surface area (Å²) in [6, 6.07) is 0.0326. The number of hydrogen-bond donors (Lipinski definition) is 2. The maximum Gasteiger partial charge on any atom is 0.347 e. The fourth-order valence-electron chi connectivity index (χ4n) is 3.33. The summed E-state index contributed by atoms with van der Waals surface area (Å²) in [6.45, 7) is 7.83. The van der Waals surface area contributed by atoms with Crippen molar-refractivity contribution in [2.45, 2.75) is 52.5 Å². The molecule has 158 valence electrons. The van der Waals surface area contributed by atoms with Crippen molar-refractivity contribution >= 4 is 39.9 Å². The maximum atomic E-state index is 13.1. The highest BCUT2D eigenvalue weighted by Gasteiger charge is 2.37. The van der Waals surface area contributed by atoms with Crippen molar-refractivity contribution in [3.05, 3.63) is 27.2 Å². The molecule has 0 atom stereocenters. The first-order valence-corrected chi connectivity index (χ1v) is 11.1. The number of carbonyl (C=O) groups excluding carboxylic acids is 1. The van der Waals surface area contributed by atoms with Gasteiger partial charge in [-0.2, -0.15) is 0 Å². The van der Waals surface area contributed by atoms with Gasteiger partial charge in [0, 0.05) is 19.6 Å². The van der Waals surface area contributed by atoms with Crippen LogP contribution in [-0.2, 0) is 12.8 Å². The van der Waals surface area contributed by atoms with Gasteiger partial charge in [0.15, 0.2) is 16.1 Å². The van der Waals surface area contributed by atoms with Crippen LogP contribution < -0.4 is 4.90 Å². The van der Waals surface area contributed by atoms with Crippen molar-refractivity contribution in [3.8, 4) is 0 Å². The van der Waals surface area contributed by atoms with Crippen LogP contribution in [0.2, 0.25) is 5.15 Å². The molecule has 1 aliphatic rings. The zero-order valence-corrected chi connectivity index (χ0v) is 18.4. The second-order valence-electron chi connectivity index (χ2n) is 7.05. The molecule has 29 heavy (non-hydrogen) atoms. The molecule has 2 aromatic rings. The number of rotatable bonds is 9. The highest BCUT2D eigenvalue weighted by molar-refractivity contribution is 7.17. The predicted octanol–water partition coefficient (Wildman–Crippen LogP) is 3.47. The Morgan fingerprint density at radius 3 is 2.52 bits per heavy atom. The van der Waals surface area contributed by atoms with Gasteiger partial charge in [-0.15, -0.1) is 0 Å². The summed E-state index contributed by atoms with van der Waals surface area (Å²) in [5.74, 6) is -0.815. The zero-order chi connectivity index (χ0) is 21.1. The molecule has 2 aromatic heterocycles. The zero-order valence-electron chi connectivity index (χ0n) is 16.9. The van der Waals surface area contributed by atoms with E-state index < -0.39 is 5.97 Å². The van der Waals surface area contributed by atoms with Crippen LogP contribution in [0.3, 0.4) is 0 Å². The molecule has 0 unspecified atom stereocenters. The van der Waals surface area contributed by atoms with Crippen LogP contribution in [0.1, 0.15) is 65.3 Å². The number of hydrogen-bond acceptors (Lipinski definition) is 6. The summed E-state index contributed by atoms with van der Waals surface area (Å²) in [4.78, 5) is 40.4. The first-order valence-electron chi connectivity index (χ1n) is 9.92. The number of amides is 1. The smallest absolute Gasteiger partial charge is 0.347 e. The molecule has 8 nitrogen and oxygen atoms in total. The van der Waals surface area contributed by atoms with Crippen molar-refractivity contribution in [2.24, 2.45) is 0 Å². The number of carboxylic acids is 1. The highest BCUT2D eigenvalue weighted by atomic mass is 35.5. The number of H-pyrrole nitrogens is 1. The predicted molar refractivity (Wildman–Crippen MR) is 113 cm³/mol. The van der Waals surface area contributed by atoms with E-state index >= 15 is 0 Å². The molecule has 3 rings (SSSR count). The van der Waals surface area contributed by atoms with Gasteiger partial charge < -0.3 is 19.9 Å². The molecule has 3 heterocycles. The summed E-state index contributed by atoms with van der Waals surface area (Å²) in [7, 11) is 0. The first-order chi connectivity index (χ1) is 13.9. The van der Waals surface area contributed by atoms with Gasteiger partial charge in [0.05, 0.1) is 17.4 Å². The van der Waals surface area contributed by atoms with Crippen molar-refractivity contribution < 1.29 is 14.7 Å². The van der Waals surface area contributed by atoms with Crippen LogP contribution in [0.25, 0.3) is 0 Å². The number of nitrogens with zero attached hydrogens (tertiary/aromatic N) is 4. The van der Waals surface area contributed by atoms with Crippen molar-refractivity contribution in [1.29, 1.82) is 0 Å². The third-order valence-corrected chi connectivity index (χ3v) is 6.55. The number of nitrogens with one attached hydrogen (secondary N) is 1. The van der Waals surface area contributed by atoms with Gasteiger partial charge in [-0.1, -0.05) is 50.1 Å². The molecule has 0 aliphatic carbocycles. The number of carbonyl (C=O) groups is 2. The van der Waals surface area contributed by atoms with E-state index in [4.69, 9.17) is 11.6 Å². The number of aromatic carboxylic acids is 1. The number of unbranched alkanes of at least 4 members (excludes halogenated alkanes) is 1. The molecule has 0 aromatic carbocycles. The van der Waals surface area contributed by atoms with E-state index in [2.05, 4.69) is 21.9 Å².